The molecule has 7 heteroatoms. The molecule has 3 rings (SSSR count). The topological polar surface area (TPSA) is 90.4 Å². The van der Waals surface area contributed by atoms with Crippen molar-refractivity contribution in [3.8, 4) is 5.82 Å². The maximum absolute atomic E-state index is 5.88. The van der Waals surface area contributed by atoms with Crippen LogP contribution in [0.5, 0.6) is 0 Å². The van der Waals surface area contributed by atoms with Crippen LogP contribution in [0.2, 0.25) is 0 Å². The first-order chi connectivity index (χ1) is 10.8. The number of ether oxygens (including phenoxy) is 1. The maximum atomic E-state index is 5.88. The molecular formula is C15H20N6O. The summed E-state index contributed by atoms with van der Waals surface area (Å²) in [6.07, 6.45) is 9.51. The van der Waals surface area contributed by atoms with Crippen LogP contribution in [-0.4, -0.2) is 39.8 Å². The van der Waals surface area contributed by atoms with Gasteiger partial charge in [0.05, 0.1) is 12.6 Å². The quantitative estimate of drug-likeness (QED) is 0.631. The number of hydrogen-bond acceptors (Lipinski definition) is 4. The third-order valence-corrected chi connectivity index (χ3v) is 3.55. The minimum absolute atomic E-state index is 0.252. The van der Waals surface area contributed by atoms with Crippen LogP contribution < -0.4 is 11.1 Å². The summed E-state index contributed by atoms with van der Waals surface area (Å²) in [5, 5.41) is 3.11. The zero-order valence-corrected chi connectivity index (χ0v) is 12.4. The molecule has 0 spiro atoms. The molecule has 2 aromatic rings. The van der Waals surface area contributed by atoms with E-state index in [9.17, 15) is 0 Å². The number of imidazole rings is 1. The molecule has 0 bridgehead atoms. The molecule has 3 heterocycles. The highest BCUT2D eigenvalue weighted by Gasteiger charge is 2.14. The van der Waals surface area contributed by atoms with Crippen LogP contribution in [0.15, 0.2) is 42.0 Å². The summed E-state index contributed by atoms with van der Waals surface area (Å²) in [6.45, 7) is 2.07. The zero-order chi connectivity index (χ0) is 15.2. The van der Waals surface area contributed by atoms with Gasteiger partial charge in [-0.25, -0.2) is 15.0 Å². The second-order valence-corrected chi connectivity index (χ2v) is 5.21. The van der Waals surface area contributed by atoms with E-state index in [2.05, 4.69) is 20.3 Å². The number of nitrogens with two attached hydrogens (primary N) is 1. The fourth-order valence-electron chi connectivity index (χ4n) is 2.35. The molecule has 0 saturated carbocycles. The summed E-state index contributed by atoms with van der Waals surface area (Å²) < 4.78 is 7.39. The second kappa shape index (κ2) is 7.04. The van der Waals surface area contributed by atoms with Gasteiger partial charge in [0.15, 0.2) is 5.96 Å². The van der Waals surface area contributed by atoms with Gasteiger partial charge in [-0.3, -0.25) is 4.57 Å². The number of aliphatic imine (C=N–C) groups is 1. The van der Waals surface area contributed by atoms with E-state index in [0.29, 0.717) is 19.0 Å². The molecule has 7 nitrogen and oxygen atoms in total. The number of guanidine groups is 1. The zero-order valence-electron chi connectivity index (χ0n) is 12.4. The van der Waals surface area contributed by atoms with E-state index in [0.717, 1.165) is 30.8 Å². The Labute approximate surface area is 129 Å². The highest BCUT2D eigenvalue weighted by Crippen LogP contribution is 2.10. The minimum atomic E-state index is 0.252. The van der Waals surface area contributed by atoms with Gasteiger partial charge >= 0.3 is 0 Å². The monoisotopic (exact) mass is 300 g/mol. The summed E-state index contributed by atoms with van der Waals surface area (Å²) in [7, 11) is 0. The molecule has 1 aliphatic heterocycles. The fourth-order valence-corrected chi connectivity index (χ4v) is 2.35. The lowest BCUT2D eigenvalue weighted by atomic mass is 10.2. The van der Waals surface area contributed by atoms with Crippen molar-refractivity contribution < 1.29 is 4.74 Å². The molecular weight excluding hydrogens is 280 g/mol. The number of nitrogens with one attached hydrogen (secondary N) is 1. The molecule has 2 aromatic heterocycles. The lowest BCUT2D eigenvalue weighted by molar-refractivity contribution is 0.114. The van der Waals surface area contributed by atoms with Gasteiger partial charge in [-0.15, -0.1) is 0 Å². The first-order valence-electron chi connectivity index (χ1n) is 7.40. The van der Waals surface area contributed by atoms with Crippen LogP contribution in [0.25, 0.3) is 5.82 Å². The van der Waals surface area contributed by atoms with Crippen molar-refractivity contribution >= 4 is 5.96 Å². The average molecular weight is 300 g/mol. The average Bonchev–Trinajstić information content (AvgIpc) is 3.24. The van der Waals surface area contributed by atoms with Gasteiger partial charge in [-0.2, -0.15) is 0 Å². The van der Waals surface area contributed by atoms with E-state index in [1.807, 2.05) is 22.9 Å². The Kier molecular flexibility index (Phi) is 4.65. The van der Waals surface area contributed by atoms with Crippen LogP contribution >= 0.6 is 0 Å². The number of nitrogens with zero attached hydrogens (tertiary/aromatic N) is 4. The van der Waals surface area contributed by atoms with Crippen molar-refractivity contribution in [3.63, 3.8) is 0 Å². The predicted octanol–water partition coefficient (Wildman–Crippen LogP) is 0.851. The molecule has 0 radical (unpaired) electrons. The van der Waals surface area contributed by atoms with E-state index in [4.69, 9.17) is 10.5 Å². The first kappa shape index (κ1) is 14.5. The van der Waals surface area contributed by atoms with E-state index in [-0.39, 0.29) is 6.10 Å². The lowest BCUT2D eigenvalue weighted by Gasteiger charge is -2.11. The van der Waals surface area contributed by atoms with Gasteiger partial charge in [0.2, 0.25) is 0 Å². The summed E-state index contributed by atoms with van der Waals surface area (Å²) in [5.41, 5.74) is 6.93. The molecule has 0 aromatic carbocycles. The molecule has 3 N–H and O–H groups in total. The molecule has 1 atom stereocenters. The van der Waals surface area contributed by atoms with Gasteiger partial charge < -0.3 is 15.8 Å². The molecule has 1 saturated heterocycles. The molecule has 22 heavy (non-hydrogen) atoms. The number of rotatable bonds is 5. The van der Waals surface area contributed by atoms with Crippen molar-refractivity contribution in [2.45, 2.75) is 25.5 Å². The Hall–Kier alpha value is -2.41. The molecule has 1 unspecified atom stereocenters. The Bertz CT molecular complexity index is 619. The van der Waals surface area contributed by atoms with Crippen LogP contribution in [-0.2, 0) is 11.3 Å². The largest absolute Gasteiger partial charge is 0.376 e. The minimum Gasteiger partial charge on any atom is -0.376 e. The second-order valence-electron chi connectivity index (χ2n) is 5.21. The normalized spacial score (nSPS) is 18.5. The number of aromatic nitrogens is 3. The summed E-state index contributed by atoms with van der Waals surface area (Å²) in [4.78, 5) is 12.7. The Morgan fingerprint density at radius 2 is 2.45 bits per heavy atom. The lowest BCUT2D eigenvalue weighted by Crippen LogP contribution is -2.37. The standard InChI is InChI=1S/C15H20N6O/c16-15(20-10-13-2-1-7-22-13)19-9-12-3-4-18-14(8-12)21-6-5-17-11-21/h3-6,8,11,13H,1-2,7,9-10H2,(H3,16,19,20). The van der Waals surface area contributed by atoms with Gasteiger partial charge in [0, 0.05) is 31.7 Å². The van der Waals surface area contributed by atoms with Crippen LogP contribution in [0.1, 0.15) is 18.4 Å². The van der Waals surface area contributed by atoms with Gasteiger partial charge in [-0.05, 0) is 30.5 Å². The van der Waals surface area contributed by atoms with E-state index in [1.165, 1.54) is 0 Å². The SMILES string of the molecule is NC(=NCc1ccnc(-n2ccnc2)c1)NCC1CCCO1. The number of hydrogen-bond donors (Lipinski definition) is 2. The predicted molar refractivity (Wildman–Crippen MR) is 83.7 cm³/mol. The molecule has 0 amide bonds. The molecule has 116 valence electrons. The third kappa shape index (κ3) is 3.82. The van der Waals surface area contributed by atoms with Crippen molar-refractivity contribution in [2.75, 3.05) is 13.2 Å². The highest BCUT2D eigenvalue weighted by atomic mass is 16.5. The van der Waals surface area contributed by atoms with Crippen LogP contribution in [0.4, 0.5) is 0 Å². The van der Waals surface area contributed by atoms with E-state index < -0.39 is 0 Å². The van der Waals surface area contributed by atoms with Gasteiger partial charge in [-0.1, -0.05) is 0 Å². The fraction of sp³-hybridized carbons (Fsp3) is 0.400. The molecule has 1 fully saturated rings. The van der Waals surface area contributed by atoms with Crippen molar-refractivity contribution in [1.82, 2.24) is 19.9 Å². The Morgan fingerprint density at radius 3 is 3.23 bits per heavy atom. The maximum Gasteiger partial charge on any atom is 0.189 e. The van der Waals surface area contributed by atoms with Crippen molar-refractivity contribution in [1.29, 1.82) is 0 Å². The first-order valence-corrected chi connectivity index (χ1v) is 7.40. The van der Waals surface area contributed by atoms with Gasteiger partial charge in [0.1, 0.15) is 12.1 Å². The third-order valence-electron chi connectivity index (χ3n) is 3.55. The Morgan fingerprint density at radius 1 is 1.50 bits per heavy atom. The molecule has 0 aliphatic carbocycles. The van der Waals surface area contributed by atoms with Crippen molar-refractivity contribution in [3.05, 3.63) is 42.6 Å². The number of pyridine rings is 1. The van der Waals surface area contributed by atoms with Crippen LogP contribution in [0.3, 0.4) is 0 Å². The Balaban J connectivity index is 1.56. The van der Waals surface area contributed by atoms with Crippen molar-refractivity contribution in [2.24, 2.45) is 10.7 Å². The van der Waals surface area contributed by atoms with Crippen LogP contribution in [0, 0.1) is 0 Å². The summed E-state index contributed by atoms with van der Waals surface area (Å²) in [5.74, 6) is 1.26. The van der Waals surface area contributed by atoms with E-state index >= 15 is 0 Å². The van der Waals surface area contributed by atoms with Gasteiger partial charge in [0.25, 0.3) is 0 Å². The highest BCUT2D eigenvalue weighted by molar-refractivity contribution is 5.77. The molecule has 1 aliphatic rings. The van der Waals surface area contributed by atoms with E-state index in [1.54, 1.807) is 18.7 Å². The summed E-state index contributed by atoms with van der Waals surface area (Å²) in [6, 6.07) is 3.90. The summed E-state index contributed by atoms with van der Waals surface area (Å²) >= 11 is 0. The smallest absolute Gasteiger partial charge is 0.189 e.